The summed E-state index contributed by atoms with van der Waals surface area (Å²) in [6.45, 7) is 0. The van der Waals surface area contributed by atoms with Gasteiger partial charge in [0.2, 0.25) is 0 Å². The first-order valence-corrected chi connectivity index (χ1v) is 4.67. The molecule has 0 aliphatic rings. The van der Waals surface area contributed by atoms with E-state index in [1.807, 2.05) is 0 Å². The molecule has 18 radical (unpaired) electrons. The molecule has 0 heterocycles. The molecule has 0 fully saturated rings. The molecule has 0 saturated heterocycles. The molecule has 16 heteroatoms. The van der Waals surface area contributed by atoms with Crippen molar-refractivity contribution in [3.63, 3.8) is 0 Å². The van der Waals surface area contributed by atoms with Crippen molar-refractivity contribution in [1.82, 2.24) is 0 Å². The summed E-state index contributed by atoms with van der Waals surface area (Å²) in [5.74, 6) is 0. The minimum atomic E-state index is -0.704. The minimum absolute atomic E-state index is 0. The predicted octanol–water partition coefficient (Wildman–Crippen LogP) is -5.71. The fourth-order valence-electron chi connectivity index (χ4n) is 1.28. The summed E-state index contributed by atoms with van der Waals surface area (Å²) in [6.07, 6.45) is -3.71. The van der Waals surface area contributed by atoms with Gasteiger partial charge in [-0.15, -0.1) is 0 Å². The average Bonchev–Trinajstić information content (AvgIpc) is 2.01. The van der Waals surface area contributed by atoms with E-state index in [4.69, 9.17) is 61.9 Å². The van der Waals surface area contributed by atoms with Crippen LogP contribution in [0.5, 0.6) is 0 Å². The molecule has 16 heavy (non-hydrogen) atoms. The van der Waals surface area contributed by atoms with Crippen molar-refractivity contribution in [2.45, 2.75) is 0 Å². The number of hydrogen-bond acceptors (Lipinski definition) is 0. The van der Waals surface area contributed by atoms with Crippen LogP contribution in [-0.4, -0.2) is 107 Å². The zero-order valence-corrected chi connectivity index (χ0v) is 10.5. The second-order valence-corrected chi connectivity index (χ2v) is 3.66. The van der Waals surface area contributed by atoms with Crippen molar-refractivity contribution >= 4 is 107 Å². The molecule has 0 aromatic heterocycles. The molecule has 0 rings (SSSR count). The van der Waals surface area contributed by atoms with Crippen LogP contribution in [0.3, 0.4) is 0 Å². The van der Waals surface area contributed by atoms with Crippen LogP contribution < -0.4 is 0 Å². The molecule has 0 atom stereocenters. The van der Waals surface area contributed by atoms with E-state index < -0.39 is 38.3 Å². The monoisotopic (exact) mass is 216 g/mol. The molecule has 0 bridgehead atoms. The Bertz CT molecular complexity index is 125. The van der Waals surface area contributed by atoms with E-state index in [0.29, 0.717) is 0 Å². The molecule has 0 nitrogen and oxygen atoms in total. The van der Waals surface area contributed by atoms with Gasteiger partial charge in [0.05, 0.1) is 0 Å². The van der Waals surface area contributed by atoms with Crippen LogP contribution >= 0.6 is 0 Å². The van der Waals surface area contributed by atoms with Gasteiger partial charge >= 0.3 is 0 Å². The number of rotatable bonds is 6. The zero-order chi connectivity index (χ0) is 12.2. The van der Waals surface area contributed by atoms with Crippen LogP contribution in [0, 0.1) is 0 Å². The molecule has 50 valence electrons. The fourth-order valence-corrected chi connectivity index (χ4v) is 1.28. The van der Waals surface area contributed by atoms with Gasteiger partial charge in [-0.25, -0.2) is 0 Å². The van der Waals surface area contributed by atoms with Crippen LogP contribution in [0.2, 0.25) is 0 Å². The van der Waals surface area contributed by atoms with Crippen LogP contribution in [0.25, 0.3) is 0 Å². The van der Waals surface area contributed by atoms with Crippen LogP contribution in [0.4, 0.5) is 0 Å². The predicted molar refractivity (Wildman–Crippen MR) is 86.3 cm³/mol. The molecule has 0 aromatic carbocycles. The smallest absolute Gasteiger partial charge is 0 e. The summed E-state index contributed by atoms with van der Waals surface area (Å²) in [4.78, 5) is 0. The summed E-state index contributed by atoms with van der Waals surface area (Å²) in [5, 5.41) is 0. The van der Waals surface area contributed by atoms with Crippen molar-refractivity contribution in [3.05, 3.63) is 0 Å². The van der Waals surface area contributed by atoms with E-state index in [1.165, 1.54) is 0 Å². The largest absolute Gasteiger partial charge is 0 e. The summed E-state index contributed by atoms with van der Waals surface area (Å²) >= 11 is 0. The normalized spacial score (nSPS) is 8.25. The molecule has 0 N–H and O–H groups in total. The van der Waals surface area contributed by atoms with Gasteiger partial charge < -0.3 is 0 Å². The first-order valence-electron chi connectivity index (χ1n) is 4.67. The topological polar surface area (TPSA) is 0 Å². The molecule has 0 amide bonds. The Balaban J connectivity index is 0. The third kappa shape index (κ3) is 7.10. The molecule has 0 unspecified atom stereocenters. The second-order valence-electron chi connectivity index (χ2n) is 3.66. The third-order valence-electron chi connectivity index (χ3n) is 2.22. The van der Waals surface area contributed by atoms with E-state index >= 15 is 0 Å². The van der Waals surface area contributed by atoms with Gasteiger partial charge in [-0.2, -0.15) is 0 Å². The van der Waals surface area contributed by atoms with Crippen molar-refractivity contribution in [2.24, 2.45) is 0 Å². The second kappa shape index (κ2) is 9.48. The Morgan fingerprint density at radius 3 is 0.812 bits per heavy atom. The van der Waals surface area contributed by atoms with Gasteiger partial charge in [0, 0.05) is 126 Å². The van der Waals surface area contributed by atoms with Gasteiger partial charge in [-0.05, 0) is 0 Å². The van der Waals surface area contributed by atoms with Gasteiger partial charge in [0.1, 0.15) is 0 Å². The number of hydrogen-bond donors (Lipinski definition) is 0. The summed E-state index contributed by atoms with van der Waals surface area (Å²) in [7, 11) is 45.7. The van der Waals surface area contributed by atoms with Crippen molar-refractivity contribution < 1.29 is 18.6 Å². The quantitative estimate of drug-likeness (QED) is 0.386. The molecule has 0 spiro atoms. The summed E-state index contributed by atoms with van der Waals surface area (Å²) in [6, 6.07) is 0. The SMILES string of the molecule is [B]B([B])B([B]B(B([B])[B])B([B])[B])B([B])[B].[V]. The first-order chi connectivity index (χ1) is 6.77. The average molecular weight is 213 g/mol. The third-order valence-corrected chi connectivity index (χ3v) is 2.22. The van der Waals surface area contributed by atoms with Crippen LogP contribution in [-0.2, 0) is 18.6 Å². The van der Waals surface area contributed by atoms with Crippen molar-refractivity contribution in [3.8, 4) is 0 Å². The molecule has 0 aliphatic carbocycles. The Morgan fingerprint density at radius 2 is 0.688 bits per heavy atom. The fraction of sp³-hybridized carbons (Fsp3) is 0. The Kier molecular flexibility index (Phi) is 11.8. The molecule has 0 aromatic rings. The maximum atomic E-state index is 5.51. The van der Waals surface area contributed by atoms with E-state index in [9.17, 15) is 0 Å². The van der Waals surface area contributed by atoms with E-state index in [1.54, 1.807) is 7.06 Å². The maximum Gasteiger partial charge on any atom is 0 e. The van der Waals surface area contributed by atoms with Crippen LogP contribution in [0.1, 0.15) is 0 Å². The van der Waals surface area contributed by atoms with Gasteiger partial charge in [0.25, 0.3) is 0 Å². The van der Waals surface area contributed by atoms with E-state index in [0.717, 1.165) is 0 Å². The van der Waals surface area contributed by atoms with Gasteiger partial charge in [0.15, 0.2) is 0 Å². The molecule has 0 aliphatic heterocycles. The van der Waals surface area contributed by atoms with E-state index in [2.05, 4.69) is 0 Å². The Hall–Kier alpha value is 1.56. The zero-order valence-electron chi connectivity index (χ0n) is 9.11. The molecule has 0 saturated carbocycles. The Labute approximate surface area is 125 Å². The summed E-state index contributed by atoms with van der Waals surface area (Å²) in [5.41, 5.74) is 0. The summed E-state index contributed by atoms with van der Waals surface area (Å²) < 4.78 is 0. The van der Waals surface area contributed by atoms with Crippen molar-refractivity contribution in [2.75, 3.05) is 0 Å². The minimum Gasteiger partial charge on any atom is 0 e. The van der Waals surface area contributed by atoms with Gasteiger partial charge in [-0.1, -0.05) is 0 Å². The van der Waals surface area contributed by atoms with Crippen molar-refractivity contribution in [1.29, 1.82) is 0 Å². The van der Waals surface area contributed by atoms with Gasteiger partial charge in [-0.3, -0.25) is 0 Å². The first kappa shape index (κ1) is 19.9. The molecular formula is B15V. The van der Waals surface area contributed by atoms with Crippen LogP contribution in [0.15, 0.2) is 0 Å². The Morgan fingerprint density at radius 1 is 0.500 bits per heavy atom. The standard InChI is InChI=1S/B15.V/c1-10(2)14(11(3)4)9-15(12(5)6)13(7)8;. The van der Waals surface area contributed by atoms with E-state index in [-0.39, 0.29) is 18.6 Å². The maximum absolute atomic E-state index is 5.51. The molecular weight excluding hydrogens is 213 g/mol.